The molecule has 3 aromatic rings. The van der Waals surface area contributed by atoms with Crippen molar-refractivity contribution in [3.8, 4) is 5.75 Å². The van der Waals surface area contributed by atoms with E-state index in [4.69, 9.17) is 4.74 Å². The Morgan fingerprint density at radius 1 is 0.976 bits per heavy atom. The van der Waals surface area contributed by atoms with Crippen LogP contribution in [0.1, 0.15) is 42.3 Å². The minimum absolute atomic E-state index is 0.183. The lowest BCUT2D eigenvalue weighted by atomic mass is 9.86. The van der Waals surface area contributed by atoms with Gasteiger partial charge >= 0.3 is 0 Å². The molecule has 0 saturated heterocycles. The van der Waals surface area contributed by atoms with Crippen LogP contribution in [-0.2, 0) is 20.2 Å². The molecule has 0 saturated carbocycles. The Morgan fingerprint density at radius 3 is 2.29 bits per heavy atom. The molecule has 4 rings (SSSR count). The van der Waals surface area contributed by atoms with Crippen LogP contribution < -0.4 is 36.1 Å². The van der Waals surface area contributed by atoms with Gasteiger partial charge in [0.05, 0.1) is 36.6 Å². The van der Waals surface area contributed by atoms with Gasteiger partial charge in [-0.3, -0.25) is 29.7 Å². The zero-order valence-corrected chi connectivity index (χ0v) is 24.4. The molecule has 1 aliphatic rings. The fourth-order valence-electron chi connectivity index (χ4n) is 4.05. The van der Waals surface area contributed by atoms with Crippen LogP contribution >= 0.6 is 0 Å². The molecule has 1 aromatic heterocycles. The molecule has 0 atom stereocenters. The molecule has 216 valence electrons. The number of methoxy groups -OCH3 is 1. The number of rotatable bonds is 8. The minimum Gasteiger partial charge on any atom is -0.492 e. The topological polar surface area (TPSA) is 154 Å². The van der Waals surface area contributed by atoms with E-state index in [0.717, 1.165) is 17.4 Å². The monoisotopic (exact) mass is 579 g/mol. The van der Waals surface area contributed by atoms with E-state index >= 15 is 0 Å². The first-order chi connectivity index (χ1) is 19.2. The van der Waals surface area contributed by atoms with Crippen molar-refractivity contribution in [2.45, 2.75) is 33.1 Å². The first-order valence-electron chi connectivity index (χ1n) is 12.6. The van der Waals surface area contributed by atoms with Crippen LogP contribution in [0.4, 0.5) is 22.7 Å². The smallest absolute Gasteiger partial charge is 0.274 e. The molecular formula is C28H33N7O5S. The van der Waals surface area contributed by atoms with E-state index in [9.17, 15) is 18.0 Å². The Labute approximate surface area is 239 Å². The highest BCUT2D eigenvalue weighted by molar-refractivity contribution is 7.92. The molecule has 0 spiro atoms. The van der Waals surface area contributed by atoms with E-state index < -0.39 is 15.9 Å². The highest BCUT2D eigenvalue weighted by Gasteiger charge is 2.24. The van der Waals surface area contributed by atoms with E-state index in [1.165, 1.54) is 7.11 Å². The Hall–Kier alpha value is -4.62. The van der Waals surface area contributed by atoms with E-state index in [1.807, 2.05) is 27.7 Å². The molecule has 2 amide bonds. The summed E-state index contributed by atoms with van der Waals surface area (Å²) in [6.07, 6.45) is 5.79. The molecule has 13 heteroatoms. The number of ether oxygens (including phenoxy) is 1. The molecule has 12 nitrogen and oxygen atoms in total. The summed E-state index contributed by atoms with van der Waals surface area (Å²) in [5.41, 5.74) is 9.40. The molecule has 2 aromatic carbocycles. The average Bonchev–Trinajstić information content (AvgIpc) is 3.38. The molecule has 2 heterocycles. The normalized spacial score (nSPS) is 13.2. The number of pyridine rings is 1. The number of carbonyl (C=O) groups is 2. The summed E-state index contributed by atoms with van der Waals surface area (Å²) in [7, 11) is -2.21. The Bertz CT molecular complexity index is 1620. The van der Waals surface area contributed by atoms with Crippen molar-refractivity contribution in [2.24, 2.45) is 0 Å². The predicted octanol–water partition coefficient (Wildman–Crippen LogP) is 3.63. The zero-order valence-electron chi connectivity index (χ0n) is 23.6. The summed E-state index contributed by atoms with van der Waals surface area (Å²) >= 11 is 0. The number of hydrogen-bond donors (Lipinski definition) is 5. The van der Waals surface area contributed by atoms with Crippen LogP contribution in [0.25, 0.3) is 0 Å². The highest BCUT2D eigenvalue weighted by atomic mass is 32.2. The van der Waals surface area contributed by atoms with Gasteiger partial charge in [-0.2, -0.15) is 0 Å². The number of nitrogens with one attached hydrogen (secondary N) is 5. The minimum atomic E-state index is -3.62. The summed E-state index contributed by atoms with van der Waals surface area (Å²) in [5.74, 6) is -0.614. The largest absolute Gasteiger partial charge is 0.492 e. The summed E-state index contributed by atoms with van der Waals surface area (Å²) in [5, 5.41) is 7.25. The van der Waals surface area contributed by atoms with Gasteiger partial charge in [-0.1, -0.05) is 26.8 Å². The van der Waals surface area contributed by atoms with Crippen LogP contribution in [0.5, 0.6) is 5.75 Å². The maximum absolute atomic E-state index is 13.4. The van der Waals surface area contributed by atoms with Gasteiger partial charge < -0.3 is 15.4 Å². The fraction of sp³-hybridized carbons (Fsp3) is 0.250. The van der Waals surface area contributed by atoms with Gasteiger partial charge in [-0.25, -0.2) is 8.42 Å². The van der Waals surface area contributed by atoms with Gasteiger partial charge in [0.15, 0.2) is 5.75 Å². The summed E-state index contributed by atoms with van der Waals surface area (Å²) in [4.78, 5) is 30.1. The second kappa shape index (κ2) is 11.5. The number of carbonyl (C=O) groups excluding carboxylic acids is 2. The maximum atomic E-state index is 13.4. The second-order valence-corrected chi connectivity index (χ2v) is 12.3. The van der Waals surface area contributed by atoms with Crippen molar-refractivity contribution >= 4 is 44.6 Å². The lowest BCUT2D eigenvalue weighted by Crippen LogP contribution is -2.38. The number of hydrazine groups is 2. The van der Waals surface area contributed by atoms with Crippen LogP contribution in [-0.4, -0.2) is 38.6 Å². The molecule has 5 N–H and O–H groups in total. The SMILES string of the molecule is COc1c(NC(=O)c2ccc(C)c(N3C=C(C(=O)Nc4ccncc4)NN3)c2)cc(C(C)(C)C)cc1NS(C)(=O)=O. The summed E-state index contributed by atoms with van der Waals surface area (Å²) < 4.78 is 32.1. The van der Waals surface area contributed by atoms with Crippen molar-refractivity contribution in [1.82, 2.24) is 15.9 Å². The standard InChI is InChI=1S/C28H33N7O5S/c1-17-7-8-18(13-24(17)35-16-23(32-34-35)27(37)30-20-9-11-29-12-10-20)26(36)31-21-14-19(28(2,3)4)15-22(25(21)40-5)33-41(6,38)39/h7-16,32-34H,1-6H3,(H,31,36)(H,29,30,37). The number of hydrogen-bond acceptors (Lipinski definition) is 9. The molecule has 0 aliphatic carbocycles. The fourth-order valence-corrected chi connectivity index (χ4v) is 4.60. The third-order valence-electron chi connectivity index (χ3n) is 6.19. The van der Waals surface area contributed by atoms with Gasteiger partial charge in [0.1, 0.15) is 5.70 Å². The summed E-state index contributed by atoms with van der Waals surface area (Å²) in [6.45, 7) is 7.81. The summed E-state index contributed by atoms with van der Waals surface area (Å²) in [6, 6.07) is 12.0. The zero-order chi connectivity index (χ0) is 29.9. The van der Waals surface area contributed by atoms with Crippen molar-refractivity contribution in [3.63, 3.8) is 0 Å². The van der Waals surface area contributed by atoms with Crippen LogP contribution in [0.2, 0.25) is 0 Å². The van der Waals surface area contributed by atoms with Gasteiger partial charge in [-0.15, -0.1) is 5.53 Å². The number of aromatic nitrogens is 1. The van der Waals surface area contributed by atoms with Gasteiger partial charge in [-0.05, 0) is 59.9 Å². The number of aryl methyl sites for hydroxylation is 1. The maximum Gasteiger partial charge on any atom is 0.274 e. The van der Waals surface area contributed by atoms with E-state index in [0.29, 0.717) is 22.6 Å². The molecule has 0 fully saturated rings. The Balaban J connectivity index is 1.61. The van der Waals surface area contributed by atoms with E-state index in [2.05, 4.69) is 31.3 Å². The lowest BCUT2D eigenvalue weighted by molar-refractivity contribution is -0.113. The number of sulfonamides is 1. The van der Waals surface area contributed by atoms with Crippen molar-refractivity contribution in [1.29, 1.82) is 0 Å². The van der Waals surface area contributed by atoms with E-state index in [-0.39, 0.29) is 28.5 Å². The van der Waals surface area contributed by atoms with Gasteiger partial charge in [0.2, 0.25) is 10.0 Å². The number of anilines is 4. The van der Waals surface area contributed by atoms with Crippen LogP contribution in [0.3, 0.4) is 0 Å². The second-order valence-electron chi connectivity index (χ2n) is 10.5. The number of nitrogens with zero attached hydrogens (tertiary/aromatic N) is 2. The van der Waals surface area contributed by atoms with Crippen molar-refractivity contribution < 1.29 is 22.7 Å². The lowest BCUT2D eigenvalue weighted by Gasteiger charge is -2.24. The highest BCUT2D eigenvalue weighted by Crippen LogP contribution is 2.39. The van der Waals surface area contributed by atoms with Gasteiger partial charge in [0, 0.05) is 23.6 Å². The third kappa shape index (κ3) is 7.13. The Morgan fingerprint density at radius 2 is 1.66 bits per heavy atom. The average molecular weight is 580 g/mol. The molecule has 0 radical (unpaired) electrons. The van der Waals surface area contributed by atoms with Gasteiger partial charge in [0.25, 0.3) is 11.8 Å². The van der Waals surface area contributed by atoms with Crippen LogP contribution in [0.15, 0.2) is 66.8 Å². The first-order valence-corrected chi connectivity index (χ1v) is 14.5. The molecule has 1 aliphatic heterocycles. The first kappa shape index (κ1) is 29.4. The molecular weight excluding hydrogens is 546 g/mol. The van der Waals surface area contributed by atoms with Crippen molar-refractivity contribution in [3.05, 3.63) is 83.4 Å². The number of amides is 2. The predicted molar refractivity (Wildman–Crippen MR) is 159 cm³/mol. The van der Waals surface area contributed by atoms with E-state index in [1.54, 1.807) is 66.1 Å². The molecule has 0 bridgehead atoms. The quantitative estimate of drug-likeness (QED) is 0.269. The van der Waals surface area contributed by atoms with Crippen LogP contribution in [0, 0.1) is 6.92 Å². The number of benzene rings is 2. The third-order valence-corrected chi connectivity index (χ3v) is 6.78. The molecule has 0 unspecified atom stereocenters. The Kier molecular flexibility index (Phi) is 8.22. The molecule has 41 heavy (non-hydrogen) atoms. The van der Waals surface area contributed by atoms with Crippen molar-refractivity contribution in [2.75, 3.05) is 33.7 Å².